The van der Waals surface area contributed by atoms with Gasteiger partial charge in [-0.3, -0.25) is 4.79 Å². The molecule has 1 saturated heterocycles. The van der Waals surface area contributed by atoms with E-state index in [-0.39, 0.29) is 22.9 Å². The fourth-order valence-electron chi connectivity index (χ4n) is 7.97. The molecule has 3 saturated carbocycles. The van der Waals surface area contributed by atoms with Crippen molar-refractivity contribution in [2.24, 2.45) is 34.5 Å². The number of aliphatic hydroxyl groups excluding tert-OH is 1. The van der Waals surface area contributed by atoms with Crippen molar-refractivity contribution < 1.29 is 19.5 Å². The number of allylic oxidation sites excluding steroid dienone is 1. The van der Waals surface area contributed by atoms with Crippen molar-refractivity contribution in [1.29, 1.82) is 0 Å². The van der Waals surface area contributed by atoms with Crippen LogP contribution in [0.1, 0.15) is 58.8 Å². The minimum absolute atomic E-state index is 0.0898. The highest BCUT2D eigenvalue weighted by Crippen LogP contribution is 2.64. The van der Waals surface area contributed by atoms with Crippen molar-refractivity contribution >= 4 is 5.78 Å². The lowest BCUT2D eigenvalue weighted by Gasteiger charge is -2.56. The average molecular weight is 389 g/mol. The van der Waals surface area contributed by atoms with E-state index < -0.39 is 0 Å². The molecule has 0 amide bonds. The summed E-state index contributed by atoms with van der Waals surface area (Å²) in [7, 11) is 0. The lowest BCUT2D eigenvalue weighted by Crippen LogP contribution is -3.14. The summed E-state index contributed by atoms with van der Waals surface area (Å²) in [5.41, 5.74) is 1.70. The Bertz CT molecular complexity index is 669. The van der Waals surface area contributed by atoms with Crippen LogP contribution in [0, 0.1) is 34.5 Å². The fourth-order valence-corrected chi connectivity index (χ4v) is 7.97. The minimum atomic E-state index is -0.140. The van der Waals surface area contributed by atoms with Crippen LogP contribution < -0.4 is 4.90 Å². The number of nitrogens with one attached hydrogen (secondary N) is 1. The van der Waals surface area contributed by atoms with Gasteiger partial charge in [-0.1, -0.05) is 25.5 Å². The highest BCUT2D eigenvalue weighted by Gasteiger charge is 2.61. The van der Waals surface area contributed by atoms with E-state index in [9.17, 15) is 9.90 Å². The Labute approximate surface area is 169 Å². The number of aliphatic hydroxyl groups is 1. The van der Waals surface area contributed by atoms with Gasteiger partial charge in [-0.2, -0.15) is 0 Å². The second-order valence-corrected chi connectivity index (χ2v) is 11.0. The molecule has 0 radical (unpaired) electrons. The number of ketones is 1. The molecule has 5 aliphatic rings. The highest BCUT2D eigenvalue weighted by molar-refractivity contribution is 5.89. The number of morpholine rings is 1. The normalized spacial score (nSPS) is 49.2. The molecule has 156 valence electrons. The Morgan fingerprint density at radius 2 is 1.89 bits per heavy atom. The molecule has 7 atom stereocenters. The van der Waals surface area contributed by atoms with E-state index in [4.69, 9.17) is 4.74 Å². The average Bonchev–Trinajstić information content (AvgIpc) is 2.94. The Morgan fingerprint density at radius 3 is 2.68 bits per heavy atom. The number of rotatable bonds is 2. The number of ether oxygens (including phenoxy) is 1. The van der Waals surface area contributed by atoms with E-state index in [0.717, 1.165) is 71.4 Å². The van der Waals surface area contributed by atoms with E-state index >= 15 is 0 Å². The summed E-state index contributed by atoms with van der Waals surface area (Å²) in [4.78, 5) is 15.1. The summed E-state index contributed by atoms with van der Waals surface area (Å²) in [6, 6.07) is 0. The van der Waals surface area contributed by atoms with Crippen molar-refractivity contribution in [3.05, 3.63) is 11.6 Å². The molecule has 0 aromatic carbocycles. The van der Waals surface area contributed by atoms with Crippen LogP contribution in [-0.4, -0.2) is 49.8 Å². The van der Waals surface area contributed by atoms with Crippen LogP contribution in [0.2, 0.25) is 0 Å². The van der Waals surface area contributed by atoms with Gasteiger partial charge in [-0.05, 0) is 68.1 Å². The first kappa shape index (κ1) is 19.3. The topological polar surface area (TPSA) is 51.0 Å². The second-order valence-electron chi connectivity index (χ2n) is 11.0. The van der Waals surface area contributed by atoms with Gasteiger partial charge in [0.1, 0.15) is 18.9 Å². The summed E-state index contributed by atoms with van der Waals surface area (Å²) >= 11 is 0. The van der Waals surface area contributed by atoms with Gasteiger partial charge < -0.3 is 14.7 Å². The first-order valence-electron chi connectivity index (χ1n) is 11.7. The number of hydrogen-bond donors (Lipinski definition) is 2. The lowest BCUT2D eigenvalue weighted by atomic mass is 9.48. The van der Waals surface area contributed by atoms with Crippen LogP contribution in [0.5, 0.6) is 0 Å². The molecule has 0 bridgehead atoms. The molecular formula is C24H38NO3+. The summed E-state index contributed by atoms with van der Waals surface area (Å²) in [6.07, 6.45) is 9.81. The van der Waals surface area contributed by atoms with Gasteiger partial charge >= 0.3 is 0 Å². The van der Waals surface area contributed by atoms with Crippen LogP contribution in [0.4, 0.5) is 0 Å². The van der Waals surface area contributed by atoms with Gasteiger partial charge in [0.05, 0.1) is 31.8 Å². The van der Waals surface area contributed by atoms with Gasteiger partial charge in [-0.25, -0.2) is 0 Å². The van der Waals surface area contributed by atoms with Gasteiger partial charge in [0.2, 0.25) is 0 Å². The van der Waals surface area contributed by atoms with Crippen LogP contribution in [0.15, 0.2) is 11.6 Å². The summed E-state index contributed by atoms with van der Waals surface area (Å²) in [5, 5.41) is 10.2. The third kappa shape index (κ3) is 2.86. The first-order chi connectivity index (χ1) is 13.4. The molecule has 2 N–H and O–H groups in total. The molecule has 0 spiro atoms. The van der Waals surface area contributed by atoms with Crippen molar-refractivity contribution in [2.45, 2.75) is 64.9 Å². The van der Waals surface area contributed by atoms with E-state index in [1.54, 1.807) is 4.90 Å². The van der Waals surface area contributed by atoms with Crippen molar-refractivity contribution in [2.75, 3.05) is 32.8 Å². The monoisotopic (exact) mass is 388 g/mol. The van der Waals surface area contributed by atoms with Gasteiger partial charge in [0.25, 0.3) is 0 Å². The Hall–Kier alpha value is -0.710. The molecule has 28 heavy (non-hydrogen) atoms. The fraction of sp³-hybridized carbons (Fsp3) is 0.875. The molecule has 1 aliphatic heterocycles. The molecule has 4 nitrogen and oxygen atoms in total. The number of carbonyl (C=O) groups is 1. The Morgan fingerprint density at radius 1 is 1.14 bits per heavy atom. The van der Waals surface area contributed by atoms with Crippen LogP contribution in [0.3, 0.4) is 0 Å². The predicted octanol–water partition coefficient (Wildman–Crippen LogP) is 2.02. The third-order valence-corrected chi connectivity index (χ3v) is 9.67. The van der Waals surface area contributed by atoms with Gasteiger partial charge in [-0.15, -0.1) is 0 Å². The van der Waals surface area contributed by atoms with Crippen LogP contribution in [-0.2, 0) is 9.53 Å². The maximum Gasteiger partial charge on any atom is 0.147 e. The van der Waals surface area contributed by atoms with Crippen LogP contribution >= 0.6 is 0 Å². The number of quaternary nitrogens is 1. The standard InChI is InChI=1S/C24H37NO3/c1-23-7-5-18(26)14-17(23)3-4-19-20(23)6-8-24(2)21(19)13-16(22(24)27)15-25-9-11-28-12-10-25/h3,16,18-21,26H,4-15H2,1-2H3/p+1/t16-,18-,19-,20+,21-,23-,24-/m1/s1. The molecular weight excluding hydrogens is 350 g/mol. The molecule has 0 unspecified atom stereocenters. The van der Waals surface area contributed by atoms with Crippen molar-refractivity contribution in [3.63, 3.8) is 0 Å². The maximum absolute atomic E-state index is 13.5. The summed E-state index contributed by atoms with van der Waals surface area (Å²) in [6.45, 7) is 9.61. The molecule has 4 fully saturated rings. The molecule has 4 heteroatoms. The largest absolute Gasteiger partial charge is 0.393 e. The molecule has 0 aromatic heterocycles. The predicted molar refractivity (Wildman–Crippen MR) is 108 cm³/mol. The summed E-state index contributed by atoms with van der Waals surface area (Å²) in [5.74, 6) is 2.77. The number of carbonyl (C=O) groups excluding carboxylic acids is 1. The van der Waals surface area contributed by atoms with E-state index in [2.05, 4.69) is 19.9 Å². The zero-order chi connectivity index (χ0) is 19.5. The quantitative estimate of drug-likeness (QED) is 0.712. The number of fused-ring (bicyclic) bond motifs is 5. The highest BCUT2D eigenvalue weighted by atomic mass is 16.5. The van der Waals surface area contributed by atoms with Crippen molar-refractivity contribution in [1.82, 2.24) is 0 Å². The van der Waals surface area contributed by atoms with Gasteiger partial charge in [0.15, 0.2) is 0 Å². The van der Waals surface area contributed by atoms with Crippen LogP contribution in [0.25, 0.3) is 0 Å². The number of hydrogen-bond acceptors (Lipinski definition) is 3. The van der Waals surface area contributed by atoms with Gasteiger partial charge in [0, 0.05) is 5.41 Å². The zero-order valence-corrected chi connectivity index (χ0v) is 17.7. The van der Waals surface area contributed by atoms with E-state index in [1.165, 1.54) is 12.0 Å². The van der Waals surface area contributed by atoms with E-state index in [1.807, 2.05) is 0 Å². The Kier molecular flexibility index (Phi) is 4.76. The molecule has 4 aliphatic carbocycles. The Balaban J connectivity index is 1.38. The first-order valence-corrected chi connectivity index (χ1v) is 11.7. The minimum Gasteiger partial charge on any atom is -0.393 e. The molecule has 1 heterocycles. The summed E-state index contributed by atoms with van der Waals surface area (Å²) < 4.78 is 5.52. The SMILES string of the molecule is C[C@@]12CC[C@H]3[C@@H](CC=C4C[C@H](O)CC[C@]43C)[C@H]1C[C@H](C[NH+]1CCOCC1)C2=O. The maximum atomic E-state index is 13.5. The molecule has 0 aromatic rings. The third-order valence-electron chi connectivity index (χ3n) is 9.67. The van der Waals surface area contributed by atoms with E-state index in [0.29, 0.717) is 23.5 Å². The smallest absolute Gasteiger partial charge is 0.147 e. The lowest BCUT2D eigenvalue weighted by molar-refractivity contribution is -0.910. The second kappa shape index (κ2) is 6.92. The molecule has 5 rings (SSSR count). The number of Topliss-reactive ketones (excluding diaryl/α,β-unsaturated/α-hetero) is 1. The van der Waals surface area contributed by atoms with Crippen molar-refractivity contribution in [3.8, 4) is 0 Å². The zero-order valence-electron chi connectivity index (χ0n) is 17.7.